The summed E-state index contributed by atoms with van der Waals surface area (Å²) in [5.41, 5.74) is 0.482. The van der Waals surface area contributed by atoms with Crippen LogP contribution in [0.1, 0.15) is 5.56 Å². The number of hydrogen-bond donors (Lipinski definition) is 0. The molecule has 0 spiro atoms. The second-order valence-corrected chi connectivity index (χ2v) is 5.33. The first kappa shape index (κ1) is 13.9. The van der Waals surface area contributed by atoms with E-state index in [1.807, 2.05) is 18.4 Å². The van der Waals surface area contributed by atoms with Crippen molar-refractivity contribution in [2.24, 2.45) is 0 Å². The molecule has 0 aliphatic heterocycles. The van der Waals surface area contributed by atoms with Crippen LogP contribution in [0.4, 0.5) is 4.39 Å². The quantitative estimate of drug-likeness (QED) is 0.741. The van der Waals surface area contributed by atoms with Gasteiger partial charge < -0.3 is 4.74 Å². The van der Waals surface area contributed by atoms with Gasteiger partial charge in [-0.3, -0.25) is 0 Å². The zero-order valence-corrected chi connectivity index (χ0v) is 12.4. The van der Waals surface area contributed by atoms with Crippen molar-refractivity contribution in [3.8, 4) is 17.6 Å². The number of hydrogen-bond acceptors (Lipinski definition) is 3. The number of nitriles is 1. The molecule has 0 amide bonds. The molecule has 0 bridgehead atoms. The van der Waals surface area contributed by atoms with Crippen molar-refractivity contribution in [1.82, 2.24) is 0 Å². The fourth-order valence-corrected chi connectivity index (χ4v) is 2.47. The monoisotopic (exact) mass is 337 g/mol. The molecule has 0 saturated heterocycles. The number of thioether (sulfide) groups is 1. The highest BCUT2D eigenvalue weighted by Crippen LogP contribution is 2.32. The molecular formula is C14H9BrFNOS. The van der Waals surface area contributed by atoms with E-state index in [4.69, 9.17) is 4.74 Å². The number of rotatable bonds is 3. The van der Waals surface area contributed by atoms with Gasteiger partial charge in [-0.05, 0) is 52.5 Å². The summed E-state index contributed by atoms with van der Waals surface area (Å²) in [5.74, 6) is 0.585. The predicted octanol–water partition coefficient (Wildman–Crippen LogP) is 4.97. The van der Waals surface area contributed by atoms with Crippen LogP contribution < -0.4 is 4.74 Å². The summed E-state index contributed by atoms with van der Waals surface area (Å²) in [6.07, 6.45) is 1.90. The Morgan fingerprint density at radius 2 is 2.11 bits per heavy atom. The molecule has 19 heavy (non-hydrogen) atoms. The van der Waals surface area contributed by atoms with Gasteiger partial charge in [0.15, 0.2) is 0 Å². The van der Waals surface area contributed by atoms with E-state index in [-0.39, 0.29) is 5.82 Å². The van der Waals surface area contributed by atoms with Crippen molar-refractivity contribution in [1.29, 1.82) is 5.26 Å². The van der Waals surface area contributed by atoms with Gasteiger partial charge in [-0.1, -0.05) is 6.07 Å². The third-order valence-corrected chi connectivity index (χ3v) is 3.83. The van der Waals surface area contributed by atoms with Crippen molar-refractivity contribution in [2.45, 2.75) is 4.90 Å². The molecule has 0 fully saturated rings. The Labute approximate surface area is 123 Å². The topological polar surface area (TPSA) is 33.0 Å². The Kier molecular flexibility index (Phi) is 4.46. The molecule has 2 rings (SSSR count). The summed E-state index contributed by atoms with van der Waals surface area (Å²) in [7, 11) is 0. The minimum Gasteiger partial charge on any atom is -0.456 e. The molecule has 0 aromatic heterocycles. The van der Waals surface area contributed by atoms with Gasteiger partial charge >= 0.3 is 0 Å². The summed E-state index contributed by atoms with van der Waals surface area (Å²) in [4.78, 5) is 0.848. The maximum absolute atomic E-state index is 13.1. The van der Waals surface area contributed by atoms with E-state index in [1.165, 1.54) is 30.0 Å². The van der Waals surface area contributed by atoms with Gasteiger partial charge in [0.25, 0.3) is 0 Å². The van der Waals surface area contributed by atoms with Gasteiger partial charge in [0.1, 0.15) is 28.9 Å². The van der Waals surface area contributed by atoms with E-state index in [1.54, 1.807) is 6.07 Å². The van der Waals surface area contributed by atoms with Gasteiger partial charge in [-0.2, -0.15) is 5.26 Å². The summed E-state index contributed by atoms with van der Waals surface area (Å²) in [6.45, 7) is 0. The van der Waals surface area contributed by atoms with E-state index >= 15 is 0 Å². The zero-order chi connectivity index (χ0) is 13.8. The highest BCUT2D eigenvalue weighted by molar-refractivity contribution is 9.10. The smallest absolute Gasteiger partial charge is 0.146 e. The molecule has 0 aliphatic rings. The summed E-state index contributed by atoms with van der Waals surface area (Å²) < 4.78 is 19.1. The van der Waals surface area contributed by atoms with E-state index in [9.17, 15) is 9.65 Å². The highest BCUT2D eigenvalue weighted by atomic mass is 79.9. The number of benzene rings is 2. The molecule has 2 aromatic rings. The molecule has 0 unspecified atom stereocenters. The molecular weight excluding hydrogens is 329 g/mol. The Balaban J connectivity index is 2.38. The van der Waals surface area contributed by atoms with Crippen LogP contribution in [0.25, 0.3) is 0 Å². The van der Waals surface area contributed by atoms with Gasteiger partial charge in [-0.25, -0.2) is 4.39 Å². The largest absolute Gasteiger partial charge is 0.456 e. The summed E-state index contributed by atoms with van der Waals surface area (Å²) >= 11 is 4.58. The molecule has 5 heteroatoms. The fraction of sp³-hybridized carbons (Fsp3) is 0.0714. The minimum absolute atomic E-state index is 0.324. The van der Waals surface area contributed by atoms with Crippen molar-refractivity contribution >= 4 is 27.7 Å². The molecule has 0 N–H and O–H groups in total. The molecule has 2 nitrogen and oxygen atoms in total. The fourth-order valence-electron chi connectivity index (χ4n) is 1.54. The van der Waals surface area contributed by atoms with Crippen LogP contribution >= 0.6 is 27.7 Å². The van der Waals surface area contributed by atoms with Crippen molar-refractivity contribution in [3.05, 3.63) is 52.3 Å². The van der Waals surface area contributed by atoms with Gasteiger partial charge in [-0.15, -0.1) is 11.8 Å². The lowest BCUT2D eigenvalue weighted by Gasteiger charge is -2.10. The Bertz CT molecular complexity index is 654. The third kappa shape index (κ3) is 3.09. The maximum Gasteiger partial charge on any atom is 0.146 e. The van der Waals surface area contributed by atoms with Crippen molar-refractivity contribution in [2.75, 3.05) is 6.26 Å². The Morgan fingerprint density at radius 1 is 1.32 bits per heavy atom. The van der Waals surface area contributed by atoms with E-state index in [0.717, 1.165) is 4.90 Å². The van der Waals surface area contributed by atoms with Crippen molar-refractivity contribution in [3.63, 3.8) is 0 Å². The highest BCUT2D eigenvalue weighted by Gasteiger charge is 2.10. The van der Waals surface area contributed by atoms with Crippen LogP contribution in [0.5, 0.6) is 11.5 Å². The van der Waals surface area contributed by atoms with Crippen LogP contribution in [-0.4, -0.2) is 6.26 Å². The standard InChI is InChI=1S/C14H9BrFNOS/c1-19-14-4-2-3-13(10(14)8-17)18-9-5-6-12(16)11(15)7-9/h2-7H,1H3. The molecule has 2 aromatic carbocycles. The molecule has 0 heterocycles. The van der Waals surface area contributed by atoms with Crippen LogP contribution in [0.15, 0.2) is 45.8 Å². The summed E-state index contributed by atoms with van der Waals surface area (Å²) in [6, 6.07) is 11.9. The molecule has 0 saturated carbocycles. The lowest BCUT2D eigenvalue weighted by Crippen LogP contribution is -1.91. The van der Waals surface area contributed by atoms with E-state index in [0.29, 0.717) is 21.5 Å². The van der Waals surface area contributed by atoms with Crippen LogP contribution in [0.2, 0.25) is 0 Å². The zero-order valence-electron chi connectivity index (χ0n) is 9.98. The second-order valence-electron chi connectivity index (χ2n) is 3.62. The van der Waals surface area contributed by atoms with E-state index < -0.39 is 0 Å². The average molecular weight is 338 g/mol. The SMILES string of the molecule is CSc1cccc(Oc2ccc(F)c(Br)c2)c1C#N. The number of nitrogens with zero attached hydrogens (tertiary/aromatic N) is 1. The van der Waals surface area contributed by atoms with Crippen LogP contribution in [-0.2, 0) is 0 Å². The first-order chi connectivity index (χ1) is 9.15. The van der Waals surface area contributed by atoms with E-state index in [2.05, 4.69) is 22.0 Å². The van der Waals surface area contributed by atoms with Crippen LogP contribution in [0.3, 0.4) is 0 Å². The molecule has 0 aliphatic carbocycles. The van der Waals surface area contributed by atoms with Gasteiger partial charge in [0, 0.05) is 4.90 Å². The van der Waals surface area contributed by atoms with Gasteiger partial charge in [0.2, 0.25) is 0 Å². The first-order valence-corrected chi connectivity index (χ1v) is 7.37. The number of ether oxygens (including phenoxy) is 1. The first-order valence-electron chi connectivity index (χ1n) is 5.35. The Hall–Kier alpha value is -1.51. The second kappa shape index (κ2) is 6.09. The van der Waals surface area contributed by atoms with Crippen molar-refractivity contribution < 1.29 is 9.13 Å². The summed E-state index contributed by atoms with van der Waals surface area (Å²) in [5, 5.41) is 9.19. The lowest BCUT2D eigenvalue weighted by molar-refractivity contribution is 0.477. The Morgan fingerprint density at radius 3 is 2.74 bits per heavy atom. The molecule has 0 atom stereocenters. The lowest BCUT2D eigenvalue weighted by atomic mass is 10.2. The minimum atomic E-state index is -0.356. The predicted molar refractivity (Wildman–Crippen MR) is 77.1 cm³/mol. The van der Waals surface area contributed by atoms with Gasteiger partial charge in [0.05, 0.1) is 4.47 Å². The molecule has 0 radical (unpaired) electrons. The number of halogens is 2. The normalized spacial score (nSPS) is 10.0. The third-order valence-electron chi connectivity index (χ3n) is 2.44. The van der Waals surface area contributed by atoms with Crippen LogP contribution in [0, 0.1) is 17.1 Å². The maximum atomic E-state index is 13.1. The average Bonchev–Trinajstić information content (AvgIpc) is 2.42. The molecule has 96 valence electrons.